The molecule has 2 rings (SSSR count). The third-order valence-corrected chi connectivity index (χ3v) is 5.03. The number of nitrogens with one attached hydrogen (secondary N) is 1. The zero-order valence-electron chi connectivity index (χ0n) is 9.93. The van der Waals surface area contributed by atoms with Crippen LogP contribution in [0.4, 0.5) is 0 Å². The molecule has 1 fully saturated rings. The van der Waals surface area contributed by atoms with Crippen LogP contribution in [0.25, 0.3) is 0 Å². The van der Waals surface area contributed by atoms with E-state index in [2.05, 4.69) is 24.0 Å². The first-order valence-electron chi connectivity index (χ1n) is 5.87. The van der Waals surface area contributed by atoms with Gasteiger partial charge in [-0.1, -0.05) is 23.2 Å². The average molecular weight is 290 g/mol. The van der Waals surface area contributed by atoms with Crippen LogP contribution >= 0.6 is 35.0 Å². The summed E-state index contributed by atoms with van der Waals surface area (Å²) in [6.07, 6.45) is 2.65. The molecular formula is C13H17Cl2NS. The van der Waals surface area contributed by atoms with Crippen LogP contribution in [0.1, 0.15) is 25.3 Å². The molecule has 1 aliphatic heterocycles. The van der Waals surface area contributed by atoms with Gasteiger partial charge in [-0.15, -0.1) is 0 Å². The summed E-state index contributed by atoms with van der Waals surface area (Å²) in [7, 11) is 0. The molecular weight excluding hydrogens is 273 g/mol. The van der Waals surface area contributed by atoms with Gasteiger partial charge in [0.2, 0.25) is 0 Å². The summed E-state index contributed by atoms with van der Waals surface area (Å²) in [5.41, 5.74) is 1.15. The Labute approximate surface area is 117 Å². The van der Waals surface area contributed by atoms with Crippen LogP contribution in [0.5, 0.6) is 0 Å². The van der Waals surface area contributed by atoms with Crippen LogP contribution in [-0.4, -0.2) is 17.0 Å². The van der Waals surface area contributed by atoms with Gasteiger partial charge in [-0.2, -0.15) is 11.8 Å². The molecule has 1 aromatic rings. The molecule has 0 bridgehead atoms. The number of hydrogen-bond acceptors (Lipinski definition) is 2. The maximum atomic E-state index is 5.97. The summed E-state index contributed by atoms with van der Waals surface area (Å²) in [6.45, 7) is 4.21. The molecule has 1 aromatic carbocycles. The van der Waals surface area contributed by atoms with Crippen molar-refractivity contribution in [2.75, 3.05) is 12.3 Å². The van der Waals surface area contributed by atoms with Gasteiger partial charge in [-0.25, -0.2) is 0 Å². The summed E-state index contributed by atoms with van der Waals surface area (Å²) in [6, 6.07) is 5.69. The molecule has 0 saturated carbocycles. The van der Waals surface area contributed by atoms with Crippen LogP contribution in [0.3, 0.4) is 0 Å². The van der Waals surface area contributed by atoms with Crippen molar-refractivity contribution in [1.82, 2.24) is 5.32 Å². The van der Waals surface area contributed by atoms with Crippen molar-refractivity contribution >= 4 is 35.0 Å². The van der Waals surface area contributed by atoms with E-state index in [1.165, 1.54) is 18.6 Å². The van der Waals surface area contributed by atoms with Crippen molar-refractivity contribution in [3.63, 3.8) is 0 Å². The number of thioether (sulfide) groups is 1. The first kappa shape index (κ1) is 13.5. The lowest BCUT2D eigenvalue weighted by Crippen LogP contribution is -2.32. The van der Waals surface area contributed by atoms with Crippen molar-refractivity contribution in [3.8, 4) is 0 Å². The van der Waals surface area contributed by atoms with Gasteiger partial charge in [0.05, 0.1) is 0 Å². The minimum atomic E-state index is 0.405. The molecule has 94 valence electrons. The topological polar surface area (TPSA) is 12.0 Å². The van der Waals surface area contributed by atoms with Gasteiger partial charge < -0.3 is 5.32 Å². The predicted molar refractivity (Wildman–Crippen MR) is 78.3 cm³/mol. The summed E-state index contributed by atoms with van der Waals surface area (Å²) >= 11 is 14.0. The molecule has 1 aliphatic rings. The fraction of sp³-hybridized carbons (Fsp3) is 0.538. The minimum Gasteiger partial charge on any atom is -0.311 e. The van der Waals surface area contributed by atoms with Gasteiger partial charge in [0.1, 0.15) is 0 Å². The molecule has 1 atom stereocenters. The number of halogens is 2. The molecule has 1 N–H and O–H groups in total. The summed E-state index contributed by atoms with van der Waals surface area (Å²) in [4.78, 5) is 0. The molecule has 17 heavy (non-hydrogen) atoms. The normalized spacial score (nSPS) is 24.2. The van der Waals surface area contributed by atoms with E-state index in [9.17, 15) is 0 Å². The third kappa shape index (κ3) is 4.06. The Morgan fingerprint density at radius 3 is 2.59 bits per heavy atom. The summed E-state index contributed by atoms with van der Waals surface area (Å²) < 4.78 is 0.405. The van der Waals surface area contributed by atoms with Gasteiger partial charge in [0, 0.05) is 27.9 Å². The minimum absolute atomic E-state index is 0.405. The highest BCUT2D eigenvalue weighted by Gasteiger charge is 2.28. The highest BCUT2D eigenvalue weighted by atomic mass is 35.5. The van der Waals surface area contributed by atoms with Gasteiger partial charge in [0.15, 0.2) is 0 Å². The van der Waals surface area contributed by atoms with Crippen molar-refractivity contribution in [3.05, 3.63) is 33.8 Å². The second-order valence-corrected chi connectivity index (χ2v) is 7.34. The molecule has 1 heterocycles. The van der Waals surface area contributed by atoms with E-state index >= 15 is 0 Å². The van der Waals surface area contributed by atoms with Crippen molar-refractivity contribution in [1.29, 1.82) is 0 Å². The standard InChI is InChI=1S/C13H17Cl2NS/c1-13(3-2-4-17-13)9-16-8-10-5-11(14)7-12(15)6-10/h5-7,16H,2-4,8-9H2,1H3. The maximum Gasteiger partial charge on any atom is 0.0424 e. The quantitative estimate of drug-likeness (QED) is 0.883. The fourth-order valence-corrected chi connectivity index (χ4v) is 4.01. The second kappa shape index (κ2) is 5.83. The maximum absolute atomic E-state index is 5.97. The Hall–Kier alpha value is 0.110. The van der Waals surface area contributed by atoms with E-state index in [1.807, 2.05) is 12.1 Å². The smallest absolute Gasteiger partial charge is 0.0424 e. The molecule has 4 heteroatoms. The van der Waals surface area contributed by atoms with Crippen molar-refractivity contribution in [2.24, 2.45) is 0 Å². The Balaban J connectivity index is 1.85. The van der Waals surface area contributed by atoms with E-state index < -0.39 is 0 Å². The van der Waals surface area contributed by atoms with Crippen LogP contribution < -0.4 is 5.32 Å². The Bertz CT molecular complexity index is 369. The van der Waals surface area contributed by atoms with Crippen molar-refractivity contribution < 1.29 is 0 Å². The van der Waals surface area contributed by atoms with Gasteiger partial charge in [0.25, 0.3) is 0 Å². The van der Waals surface area contributed by atoms with E-state index in [1.54, 1.807) is 6.07 Å². The van der Waals surface area contributed by atoms with Crippen LogP contribution in [0.15, 0.2) is 18.2 Å². The summed E-state index contributed by atoms with van der Waals surface area (Å²) in [5, 5.41) is 4.91. The average Bonchev–Trinajstić information content (AvgIpc) is 2.64. The largest absolute Gasteiger partial charge is 0.311 e. The van der Waals surface area contributed by atoms with E-state index in [0.29, 0.717) is 14.8 Å². The number of hydrogen-bond donors (Lipinski definition) is 1. The van der Waals surface area contributed by atoms with Crippen LogP contribution in [-0.2, 0) is 6.54 Å². The molecule has 0 amide bonds. The van der Waals surface area contributed by atoms with Crippen LogP contribution in [0, 0.1) is 0 Å². The Morgan fingerprint density at radius 2 is 2.00 bits per heavy atom. The molecule has 0 spiro atoms. The molecule has 0 radical (unpaired) electrons. The first-order chi connectivity index (χ1) is 8.07. The first-order valence-corrected chi connectivity index (χ1v) is 7.61. The lowest BCUT2D eigenvalue weighted by molar-refractivity contribution is 0.537. The Morgan fingerprint density at radius 1 is 1.29 bits per heavy atom. The number of benzene rings is 1. The highest BCUT2D eigenvalue weighted by molar-refractivity contribution is 8.00. The van der Waals surface area contributed by atoms with Gasteiger partial charge in [-0.3, -0.25) is 0 Å². The Kier molecular flexibility index (Phi) is 4.65. The van der Waals surface area contributed by atoms with Gasteiger partial charge in [-0.05, 0) is 49.3 Å². The third-order valence-electron chi connectivity index (χ3n) is 3.05. The van der Waals surface area contributed by atoms with E-state index in [-0.39, 0.29) is 0 Å². The second-order valence-electron chi connectivity index (χ2n) is 4.78. The molecule has 1 unspecified atom stereocenters. The van der Waals surface area contributed by atoms with Gasteiger partial charge >= 0.3 is 0 Å². The summed E-state index contributed by atoms with van der Waals surface area (Å²) in [5.74, 6) is 1.29. The fourth-order valence-electron chi connectivity index (χ4n) is 2.16. The molecule has 0 aliphatic carbocycles. The number of rotatable bonds is 4. The molecule has 0 aromatic heterocycles. The van der Waals surface area contributed by atoms with Crippen LogP contribution in [0.2, 0.25) is 10.0 Å². The monoisotopic (exact) mass is 289 g/mol. The van der Waals surface area contributed by atoms with E-state index in [4.69, 9.17) is 23.2 Å². The van der Waals surface area contributed by atoms with E-state index in [0.717, 1.165) is 18.7 Å². The lowest BCUT2D eigenvalue weighted by Gasteiger charge is -2.23. The molecule has 1 saturated heterocycles. The van der Waals surface area contributed by atoms with Crippen molar-refractivity contribution in [2.45, 2.75) is 31.1 Å². The lowest BCUT2D eigenvalue weighted by atomic mass is 10.1. The molecule has 1 nitrogen and oxygen atoms in total. The SMILES string of the molecule is CC1(CNCc2cc(Cl)cc(Cl)c2)CCCS1. The highest BCUT2D eigenvalue weighted by Crippen LogP contribution is 2.37. The predicted octanol–water partition coefficient (Wildman–Crippen LogP) is 4.37. The zero-order valence-corrected chi connectivity index (χ0v) is 12.3. The zero-order chi connectivity index (χ0) is 12.3.